The molecule has 0 aromatic heterocycles. The van der Waals surface area contributed by atoms with Crippen molar-refractivity contribution in [2.45, 2.75) is 51.9 Å². The lowest BCUT2D eigenvalue weighted by molar-refractivity contribution is 0.550. The molecular formula is C30H28F4. The smallest absolute Gasteiger partial charge is 0.134 e. The lowest BCUT2D eigenvalue weighted by Crippen LogP contribution is -2.01. The molecule has 0 N–H and O–H groups in total. The molecule has 0 aliphatic heterocycles. The lowest BCUT2D eigenvalue weighted by atomic mass is 9.96. The van der Waals surface area contributed by atoms with Crippen LogP contribution in [0.3, 0.4) is 0 Å². The van der Waals surface area contributed by atoms with Crippen LogP contribution in [0.4, 0.5) is 17.6 Å². The molecule has 0 spiro atoms. The van der Waals surface area contributed by atoms with Crippen LogP contribution in [0.25, 0.3) is 10.8 Å². The van der Waals surface area contributed by atoms with Gasteiger partial charge in [0.1, 0.15) is 23.3 Å². The van der Waals surface area contributed by atoms with Crippen LogP contribution < -0.4 is 0 Å². The Morgan fingerprint density at radius 3 is 1.97 bits per heavy atom. The number of halogens is 4. The van der Waals surface area contributed by atoms with Crippen LogP contribution in [-0.4, -0.2) is 0 Å². The molecule has 0 aliphatic rings. The zero-order valence-corrected chi connectivity index (χ0v) is 19.3. The minimum Gasteiger partial charge on any atom is -0.207 e. The second kappa shape index (κ2) is 10.9. The number of hydrogen-bond acceptors (Lipinski definition) is 0. The Labute approximate surface area is 198 Å². The number of fused-ring (bicyclic) bond motifs is 1. The molecule has 0 heterocycles. The summed E-state index contributed by atoms with van der Waals surface area (Å²) in [5, 5.41) is 1.29. The van der Waals surface area contributed by atoms with Gasteiger partial charge >= 0.3 is 0 Å². The van der Waals surface area contributed by atoms with E-state index in [1.807, 2.05) is 25.1 Å². The Kier molecular flexibility index (Phi) is 7.66. The van der Waals surface area contributed by atoms with Gasteiger partial charge in [0.15, 0.2) is 0 Å². The highest BCUT2D eigenvalue weighted by Crippen LogP contribution is 2.25. The molecule has 0 radical (unpaired) electrons. The number of unbranched alkanes of at least 4 members (excludes halogenated alkanes) is 1. The van der Waals surface area contributed by atoms with E-state index in [1.54, 1.807) is 24.3 Å². The fourth-order valence-corrected chi connectivity index (χ4v) is 4.35. The molecule has 0 amide bonds. The van der Waals surface area contributed by atoms with Gasteiger partial charge in [0.25, 0.3) is 0 Å². The van der Waals surface area contributed by atoms with E-state index < -0.39 is 11.6 Å². The first-order chi connectivity index (χ1) is 16.4. The van der Waals surface area contributed by atoms with E-state index in [0.717, 1.165) is 29.4 Å². The van der Waals surface area contributed by atoms with Crippen molar-refractivity contribution in [3.63, 3.8) is 0 Å². The monoisotopic (exact) mass is 464 g/mol. The second-order valence-corrected chi connectivity index (χ2v) is 8.86. The topological polar surface area (TPSA) is 0 Å². The van der Waals surface area contributed by atoms with Crippen LogP contribution in [0.2, 0.25) is 0 Å². The summed E-state index contributed by atoms with van der Waals surface area (Å²) in [6.45, 7) is 2.05. The summed E-state index contributed by atoms with van der Waals surface area (Å²) in [5.41, 5.74) is 3.26. The summed E-state index contributed by atoms with van der Waals surface area (Å²) < 4.78 is 57.2. The number of hydrogen-bond donors (Lipinski definition) is 0. The second-order valence-electron chi connectivity index (χ2n) is 8.86. The maximum atomic E-state index is 15.1. The number of rotatable bonds is 9. The normalized spacial score (nSPS) is 11.3. The van der Waals surface area contributed by atoms with E-state index in [1.165, 1.54) is 24.3 Å². The van der Waals surface area contributed by atoms with Crippen molar-refractivity contribution in [3.8, 4) is 0 Å². The van der Waals surface area contributed by atoms with Crippen molar-refractivity contribution < 1.29 is 17.6 Å². The molecule has 4 aromatic carbocycles. The summed E-state index contributed by atoms with van der Waals surface area (Å²) >= 11 is 0. The zero-order valence-electron chi connectivity index (χ0n) is 19.3. The highest BCUT2D eigenvalue weighted by molar-refractivity contribution is 5.84. The van der Waals surface area contributed by atoms with E-state index in [4.69, 9.17) is 0 Å². The van der Waals surface area contributed by atoms with Gasteiger partial charge in [0.05, 0.1) is 0 Å². The molecule has 0 nitrogen and oxygen atoms in total. The van der Waals surface area contributed by atoms with Gasteiger partial charge in [-0.25, -0.2) is 17.6 Å². The van der Waals surface area contributed by atoms with E-state index in [-0.39, 0.29) is 23.6 Å². The van der Waals surface area contributed by atoms with Crippen molar-refractivity contribution in [3.05, 3.63) is 118 Å². The Hall–Kier alpha value is -3.14. The van der Waals surface area contributed by atoms with Gasteiger partial charge in [-0.2, -0.15) is 0 Å². The van der Waals surface area contributed by atoms with E-state index in [2.05, 4.69) is 0 Å². The van der Waals surface area contributed by atoms with Crippen molar-refractivity contribution in [1.82, 2.24) is 0 Å². The molecule has 0 aliphatic carbocycles. The van der Waals surface area contributed by atoms with E-state index in [9.17, 15) is 13.2 Å². The predicted octanol–water partition coefficient (Wildman–Crippen LogP) is 8.31. The van der Waals surface area contributed by atoms with Gasteiger partial charge in [-0.05, 0) is 90.4 Å². The molecule has 0 saturated heterocycles. The fraction of sp³-hybridized carbons (Fsp3) is 0.267. The summed E-state index contributed by atoms with van der Waals surface area (Å²) in [7, 11) is 0. The van der Waals surface area contributed by atoms with Crippen molar-refractivity contribution in [2.75, 3.05) is 0 Å². The summed E-state index contributed by atoms with van der Waals surface area (Å²) in [6, 6.07) is 18.2. The molecule has 0 fully saturated rings. The van der Waals surface area contributed by atoms with Gasteiger partial charge in [-0.3, -0.25) is 0 Å². The van der Waals surface area contributed by atoms with Crippen LogP contribution in [0.15, 0.2) is 66.7 Å². The minimum absolute atomic E-state index is 0.0997. The Balaban J connectivity index is 1.45. The third-order valence-corrected chi connectivity index (χ3v) is 6.38. The van der Waals surface area contributed by atoms with Gasteiger partial charge in [0, 0.05) is 10.9 Å². The molecule has 4 heteroatoms. The van der Waals surface area contributed by atoms with E-state index >= 15 is 4.39 Å². The molecule has 4 rings (SSSR count). The Bertz CT molecular complexity index is 1250. The summed E-state index contributed by atoms with van der Waals surface area (Å²) in [6.07, 6.45) is 4.40. The molecule has 4 aromatic rings. The lowest BCUT2D eigenvalue weighted by Gasteiger charge is -2.10. The SMILES string of the molecule is CCCCc1cc(F)c(CCc2ccc3c(F)c(CCc4ccc(F)cc4)ccc3c2)c(F)c1. The Morgan fingerprint density at radius 1 is 0.588 bits per heavy atom. The molecule has 34 heavy (non-hydrogen) atoms. The van der Waals surface area contributed by atoms with Crippen molar-refractivity contribution >= 4 is 10.8 Å². The third-order valence-electron chi connectivity index (χ3n) is 6.38. The standard InChI is InChI=1S/C30H28F4/c1-2-3-4-22-18-28(32)27(29(33)19-22)16-9-21-8-15-26-24(17-21)12-11-23(30(26)34)10-5-20-6-13-25(31)14-7-20/h6-8,11-15,17-19H,2-5,9-10,16H2,1H3. The first-order valence-corrected chi connectivity index (χ1v) is 11.9. The molecule has 0 unspecified atom stereocenters. The summed E-state index contributed by atoms with van der Waals surface area (Å²) in [5.74, 6) is -1.54. The van der Waals surface area contributed by atoms with Gasteiger partial charge < -0.3 is 0 Å². The highest BCUT2D eigenvalue weighted by Gasteiger charge is 2.13. The van der Waals surface area contributed by atoms with Crippen molar-refractivity contribution in [2.24, 2.45) is 0 Å². The van der Waals surface area contributed by atoms with Gasteiger partial charge in [-0.15, -0.1) is 0 Å². The van der Waals surface area contributed by atoms with Crippen LogP contribution in [-0.2, 0) is 32.1 Å². The fourth-order valence-electron chi connectivity index (χ4n) is 4.35. The largest absolute Gasteiger partial charge is 0.207 e. The highest BCUT2D eigenvalue weighted by atomic mass is 19.1. The van der Waals surface area contributed by atoms with Gasteiger partial charge in [-0.1, -0.05) is 55.8 Å². The first kappa shape index (κ1) is 24.0. The molecular weight excluding hydrogens is 436 g/mol. The quantitative estimate of drug-likeness (QED) is 0.219. The number of benzene rings is 4. The van der Waals surface area contributed by atoms with Gasteiger partial charge in [0.2, 0.25) is 0 Å². The Morgan fingerprint density at radius 2 is 1.26 bits per heavy atom. The molecule has 0 saturated carbocycles. The molecule has 0 bridgehead atoms. The van der Waals surface area contributed by atoms with Crippen LogP contribution >= 0.6 is 0 Å². The maximum absolute atomic E-state index is 15.1. The van der Waals surface area contributed by atoms with E-state index in [0.29, 0.717) is 42.2 Å². The first-order valence-electron chi connectivity index (χ1n) is 11.9. The maximum Gasteiger partial charge on any atom is 0.134 e. The molecule has 0 atom stereocenters. The van der Waals surface area contributed by atoms with Crippen LogP contribution in [0.5, 0.6) is 0 Å². The van der Waals surface area contributed by atoms with Crippen molar-refractivity contribution in [1.29, 1.82) is 0 Å². The zero-order chi connectivity index (χ0) is 24.1. The summed E-state index contributed by atoms with van der Waals surface area (Å²) in [4.78, 5) is 0. The van der Waals surface area contributed by atoms with Crippen LogP contribution in [0.1, 0.15) is 47.6 Å². The molecule has 176 valence electrons. The number of aryl methyl sites for hydroxylation is 4. The minimum atomic E-state index is -0.497. The average Bonchev–Trinajstić information content (AvgIpc) is 2.83. The third kappa shape index (κ3) is 5.67. The van der Waals surface area contributed by atoms with Crippen LogP contribution in [0, 0.1) is 23.3 Å². The predicted molar refractivity (Wildman–Crippen MR) is 130 cm³/mol. The average molecular weight is 465 g/mol.